The number of benzene rings is 1. The van der Waals surface area contributed by atoms with Crippen molar-refractivity contribution >= 4 is 17.4 Å². The highest BCUT2D eigenvalue weighted by Gasteiger charge is 2.06. The second kappa shape index (κ2) is 9.91. The van der Waals surface area contributed by atoms with Crippen LogP contribution in [0.4, 0.5) is 5.69 Å². The fourth-order valence-corrected chi connectivity index (χ4v) is 2.72. The highest BCUT2D eigenvalue weighted by molar-refractivity contribution is 7.99. The van der Waals surface area contributed by atoms with Crippen LogP contribution in [0.3, 0.4) is 0 Å². The Labute approximate surface area is 126 Å². The largest absolute Gasteiger partial charge is 0.491 e. The molecule has 4 nitrogen and oxygen atoms in total. The van der Waals surface area contributed by atoms with Crippen LogP contribution in [0.15, 0.2) is 24.3 Å². The zero-order valence-electron chi connectivity index (χ0n) is 12.4. The first-order valence-electron chi connectivity index (χ1n) is 7.12. The first-order valence-corrected chi connectivity index (χ1v) is 8.27. The van der Waals surface area contributed by atoms with Crippen LogP contribution in [0.2, 0.25) is 0 Å². The highest BCUT2D eigenvalue weighted by atomic mass is 32.2. The second-order valence-electron chi connectivity index (χ2n) is 4.64. The van der Waals surface area contributed by atoms with E-state index >= 15 is 0 Å². The maximum Gasteiger partial charge on any atom is 0.121 e. The SMILES string of the molecule is CCN(CC)CCSCC(O)COc1cccc(N)c1. The Kier molecular flexibility index (Phi) is 8.49. The number of nitrogens with zero attached hydrogens (tertiary/aromatic N) is 1. The maximum absolute atomic E-state index is 9.87. The number of rotatable bonds is 10. The van der Waals surface area contributed by atoms with Crippen molar-refractivity contribution < 1.29 is 9.84 Å². The van der Waals surface area contributed by atoms with Crippen LogP contribution >= 0.6 is 11.8 Å². The van der Waals surface area contributed by atoms with E-state index in [0.717, 1.165) is 25.4 Å². The highest BCUT2D eigenvalue weighted by Crippen LogP contribution is 2.15. The van der Waals surface area contributed by atoms with E-state index in [1.807, 2.05) is 18.2 Å². The van der Waals surface area contributed by atoms with Gasteiger partial charge in [-0.15, -0.1) is 0 Å². The van der Waals surface area contributed by atoms with E-state index < -0.39 is 6.10 Å². The summed E-state index contributed by atoms with van der Waals surface area (Å²) in [6.45, 7) is 7.88. The average Bonchev–Trinajstić information content (AvgIpc) is 2.45. The lowest BCUT2D eigenvalue weighted by molar-refractivity contribution is 0.126. The number of aliphatic hydroxyl groups excluding tert-OH is 1. The molecule has 0 aliphatic heterocycles. The summed E-state index contributed by atoms with van der Waals surface area (Å²) in [5, 5.41) is 9.87. The molecular formula is C15H26N2O2S. The number of nitrogen functional groups attached to an aromatic ring is 1. The van der Waals surface area contributed by atoms with Crippen molar-refractivity contribution in [1.82, 2.24) is 4.90 Å². The number of hydrogen-bond acceptors (Lipinski definition) is 5. The van der Waals surface area contributed by atoms with Crippen LogP contribution in [0.25, 0.3) is 0 Å². The van der Waals surface area contributed by atoms with Crippen molar-refractivity contribution in [1.29, 1.82) is 0 Å². The summed E-state index contributed by atoms with van der Waals surface area (Å²) in [5.41, 5.74) is 6.34. The quantitative estimate of drug-likeness (QED) is 0.511. The smallest absolute Gasteiger partial charge is 0.121 e. The maximum atomic E-state index is 9.87. The van der Waals surface area contributed by atoms with Crippen LogP contribution in [-0.2, 0) is 0 Å². The second-order valence-corrected chi connectivity index (χ2v) is 5.79. The molecule has 0 spiro atoms. The minimum Gasteiger partial charge on any atom is -0.491 e. The predicted octanol–water partition coefficient (Wildman–Crippen LogP) is 2.08. The Bertz CT molecular complexity index is 373. The van der Waals surface area contributed by atoms with Gasteiger partial charge >= 0.3 is 0 Å². The summed E-state index contributed by atoms with van der Waals surface area (Å²) < 4.78 is 5.52. The molecule has 1 aromatic rings. The molecule has 3 N–H and O–H groups in total. The molecule has 1 rings (SSSR count). The Morgan fingerprint density at radius 3 is 2.75 bits per heavy atom. The van der Waals surface area contributed by atoms with Gasteiger partial charge in [-0.1, -0.05) is 19.9 Å². The normalized spacial score (nSPS) is 12.6. The molecule has 0 fully saturated rings. The van der Waals surface area contributed by atoms with Gasteiger partial charge in [-0.3, -0.25) is 0 Å². The van der Waals surface area contributed by atoms with E-state index in [9.17, 15) is 5.11 Å². The molecule has 0 bridgehead atoms. The van der Waals surface area contributed by atoms with Gasteiger partial charge in [-0.05, 0) is 25.2 Å². The molecule has 0 amide bonds. The molecule has 0 radical (unpaired) electrons. The van der Waals surface area contributed by atoms with E-state index in [0.29, 0.717) is 23.8 Å². The third-order valence-corrected chi connectivity index (χ3v) is 4.15. The summed E-state index contributed by atoms with van der Waals surface area (Å²) in [6.07, 6.45) is -0.446. The van der Waals surface area contributed by atoms with Gasteiger partial charge in [0.2, 0.25) is 0 Å². The standard InChI is InChI=1S/C15H26N2O2S/c1-3-17(4-2)8-9-20-12-14(18)11-19-15-7-5-6-13(16)10-15/h5-7,10,14,18H,3-4,8-9,11-12,16H2,1-2H3. The lowest BCUT2D eigenvalue weighted by Gasteiger charge is -2.18. The summed E-state index contributed by atoms with van der Waals surface area (Å²) in [6, 6.07) is 7.26. The van der Waals surface area contributed by atoms with E-state index in [4.69, 9.17) is 10.5 Å². The number of anilines is 1. The number of nitrogens with two attached hydrogens (primary N) is 1. The number of hydrogen-bond donors (Lipinski definition) is 2. The summed E-state index contributed by atoms with van der Waals surface area (Å²) >= 11 is 1.76. The Balaban J connectivity index is 2.13. The fourth-order valence-electron chi connectivity index (χ4n) is 1.80. The van der Waals surface area contributed by atoms with Gasteiger partial charge in [-0.25, -0.2) is 0 Å². The van der Waals surface area contributed by atoms with Crippen LogP contribution in [-0.4, -0.2) is 53.9 Å². The molecule has 0 saturated carbocycles. The molecule has 1 unspecified atom stereocenters. The van der Waals surface area contributed by atoms with Crippen molar-refractivity contribution in [2.24, 2.45) is 0 Å². The van der Waals surface area contributed by atoms with Gasteiger partial charge in [-0.2, -0.15) is 11.8 Å². The minimum atomic E-state index is -0.446. The first kappa shape index (κ1) is 17.1. The summed E-state index contributed by atoms with van der Waals surface area (Å²) in [4.78, 5) is 2.38. The molecule has 5 heteroatoms. The fraction of sp³-hybridized carbons (Fsp3) is 0.600. The molecule has 20 heavy (non-hydrogen) atoms. The lowest BCUT2D eigenvalue weighted by Crippen LogP contribution is -2.26. The van der Waals surface area contributed by atoms with Gasteiger partial charge in [0.05, 0.1) is 6.10 Å². The predicted molar refractivity (Wildman–Crippen MR) is 87.5 cm³/mol. The number of ether oxygens (including phenoxy) is 1. The van der Waals surface area contributed by atoms with Gasteiger partial charge in [0.15, 0.2) is 0 Å². The Morgan fingerprint density at radius 2 is 2.10 bits per heavy atom. The third-order valence-electron chi connectivity index (χ3n) is 3.06. The average molecular weight is 298 g/mol. The van der Waals surface area contributed by atoms with Crippen LogP contribution < -0.4 is 10.5 Å². The Morgan fingerprint density at radius 1 is 1.35 bits per heavy atom. The molecule has 114 valence electrons. The zero-order valence-corrected chi connectivity index (χ0v) is 13.2. The molecule has 0 aliphatic carbocycles. The van der Waals surface area contributed by atoms with Crippen LogP contribution in [0.5, 0.6) is 5.75 Å². The van der Waals surface area contributed by atoms with E-state index in [-0.39, 0.29) is 0 Å². The zero-order chi connectivity index (χ0) is 14.8. The third kappa shape index (κ3) is 7.03. The van der Waals surface area contributed by atoms with Gasteiger partial charge in [0.1, 0.15) is 12.4 Å². The summed E-state index contributed by atoms with van der Waals surface area (Å²) in [5.74, 6) is 2.44. The van der Waals surface area contributed by atoms with Gasteiger partial charge in [0.25, 0.3) is 0 Å². The van der Waals surface area contributed by atoms with E-state index in [1.54, 1.807) is 17.8 Å². The Hall–Kier alpha value is -0.910. The van der Waals surface area contributed by atoms with Crippen molar-refractivity contribution in [3.05, 3.63) is 24.3 Å². The first-order chi connectivity index (χ1) is 9.65. The molecule has 0 heterocycles. The van der Waals surface area contributed by atoms with Crippen molar-refractivity contribution in [3.63, 3.8) is 0 Å². The molecule has 1 aromatic carbocycles. The molecule has 0 aliphatic rings. The molecule has 0 saturated heterocycles. The van der Waals surface area contributed by atoms with Crippen molar-refractivity contribution in [2.75, 3.05) is 43.5 Å². The van der Waals surface area contributed by atoms with Crippen LogP contribution in [0, 0.1) is 0 Å². The van der Waals surface area contributed by atoms with E-state index in [1.165, 1.54) is 0 Å². The monoisotopic (exact) mass is 298 g/mol. The number of aliphatic hydroxyl groups is 1. The van der Waals surface area contributed by atoms with Gasteiger partial charge in [0, 0.05) is 29.8 Å². The topological polar surface area (TPSA) is 58.7 Å². The van der Waals surface area contributed by atoms with Gasteiger partial charge < -0.3 is 20.5 Å². The number of thioether (sulfide) groups is 1. The van der Waals surface area contributed by atoms with Crippen molar-refractivity contribution in [2.45, 2.75) is 20.0 Å². The molecule has 0 aromatic heterocycles. The van der Waals surface area contributed by atoms with Crippen LogP contribution in [0.1, 0.15) is 13.8 Å². The molecular weight excluding hydrogens is 272 g/mol. The van der Waals surface area contributed by atoms with E-state index in [2.05, 4.69) is 18.7 Å². The summed E-state index contributed by atoms with van der Waals surface area (Å²) in [7, 11) is 0. The van der Waals surface area contributed by atoms with Crippen molar-refractivity contribution in [3.8, 4) is 5.75 Å². The lowest BCUT2D eigenvalue weighted by atomic mass is 10.3. The molecule has 1 atom stereocenters. The minimum absolute atomic E-state index is 0.307.